The van der Waals surface area contributed by atoms with Crippen molar-refractivity contribution in [2.45, 2.75) is 19.2 Å². The molecule has 0 saturated carbocycles. The minimum atomic E-state index is -3.10. The van der Waals surface area contributed by atoms with Crippen molar-refractivity contribution < 1.29 is 13.2 Å². The standard InChI is InChI=1S/C12H19NO3S/c1-10-7-11(8-13)3-4-12(10)9-17(14,15)6-5-16-2/h3-4,7H,5-6,8-9,13H2,1-2H3. The van der Waals surface area contributed by atoms with E-state index < -0.39 is 9.84 Å². The average Bonchev–Trinajstić information content (AvgIpc) is 2.29. The van der Waals surface area contributed by atoms with Crippen molar-refractivity contribution in [3.05, 3.63) is 34.9 Å². The summed E-state index contributed by atoms with van der Waals surface area (Å²) in [7, 11) is -1.60. The zero-order chi connectivity index (χ0) is 12.9. The van der Waals surface area contributed by atoms with E-state index in [4.69, 9.17) is 10.5 Å². The highest BCUT2D eigenvalue weighted by Crippen LogP contribution is 2.14. The topological polar surface area (TPSA) is 69.4 Å². The van der Waals surface area contributed by atoms with Crippen molar-refractivity contribution in [3.8, 4) is 0 Å². The highest BCUT2D eigenvalue weighted by Gasteiger charge is 2.13. The summed E-state index contributed by atoms with van der Waals surface area (Å²) in [5, 5.41) is 0. The van der Waals surface area contributed by atoms with Crippen LogP contribution in [-0.2, 0) is 26.9 Å². The van der Waals surface area contributed by atoms with E-state index in [0.29, 0.717) is 6.54 Å². The van der Waals surface area contributed by atoms with Crippen molar-refractivity contribution in [1.29, 1.82) is 0 Å². The van der Waals surface area contributed by atoms with Crippen LogP contribution in [-0.4, -0.2) is 27.9 Å². The Morgan fingerprint density at radius 1 is 1.35 bits per heavy atom. The number of rotatable bonds is 6. The van der Waals surface area contributed by atoms with Crippen LogP contribution in [0.3, 0.4) is 0 Å². The molecule has 0 radical (unpaired) electrons. The molecule has 0 amide bonds. The Balaban J connectivity index is 2.81. The Bertz CT molecular complexity index is 469. The molecule has 0 atom stereocenters. The normalized spacial score (nSPS) is 11.7. The van der Waals surface area contributed by atoms with Crippen molar-refractivity contribution >= 4 is 9.84 Å². The molecule has 0 aliphatic rings. The third-order valence-electron chi connectivity index (χ3n) is 2.62. The summed E-state index contributed by atoms with van der Waals surface area (Å²) in [6, 6.07) is 5.64. The van der Waals surface area contributed by atoms with Gasteiger partial charge >= 0.3 is 0 Å². The zero-order valence-corrected chi connectivity index (χ0v) is 11.1. The molecular weight excluding hydrogens is 238 g/mol. The summed E-state index contributed by atoms with van der Waals surface area (Å²) in [4.78, 5) is 0. The number of methoxy groups -OCH3 is 1. The second-order valence-electron chi connectivity index (χ2n) is 4.05. The van der Waals surface area contributed by atoms with E-state index in [2.05, 4.69) is 0 Å². The van der Waals surface area contributed by atoms with Crippen LogP contribution in [0.1, 0.15) is 16.7 Å². The first-order chi connectivity index (χ1) is 7.98. The summed E-state index contributed by atoms with van der Waals surface area (Å²) in [5.41, 5.74) is 8.34. The lowest BCUT2D eigenvalue weighted by Crippen LogP contribution is -2.14. The lowest BCUT2D eigenvalue weighted by atomic mass is 10.1. The monoisotopic (exact) mass is 257 g/mol. The van der Waals surface area contributed by atoms with Crippen LogP contribution in [0.15, 0.2) is 18.2 Å². The SMILES string of the molecule is COCCS(=O)(=O)Cc1ccc(CN)cc1C. The molecule has 0 aliphatic carbocycles. The van der Waals surface area contributed by atoms with Gasteiger partial charge in [0.05, 0.1) is 18.1 Å². The highest BCUT2D eigenvalue weighted by atomic mass is 32.2. The van der Waals surface area contributed by atoms with Crippen molar-refractivity contribution in [1.82, 2.24) is 0 Å². The predicted octanol–water partition coefficient (Wildman–Crippen LogP) is 1.01. The summed E-state index contributed by atoms with van der Waals surface area (Å²) in [6.45, 7) is 2.61. The molecular formula is C12H19NO3S. The Hall–Kier alpha value is -0.910. The van der Waals surface area contributed by atoms with E-state index in [0.717, 1.165) is 16.7 Å². The first-order valence-electron chi connectivity index (χ1n) is 5.46. The number of benzene rings is 1. The second-order valence-corrected chi connectivity index (χ2v) is 6.23. The van der Waals surface area contributed by atoms with E-state index >= 15 is 0 Å². The molecule has 0 heterocycles. The van der Waals surface area contributed by atoms with Crippen molar-refractivity contribution in [3.63, 3.8) is 0 Å². The minimum Gasteiger partial charge on any atom is -0.384 e. The quantitative estimate of drug-likeness (QED) is 0.826. The predicted molar refractivity (Wildman–Crippen MR) is 68.4 cm³/mol. The van der Waals surface area contributed by atoms with Gasteiger partial charge in [-0.05, 0) is 23.6 Å². The van der Waals surface area contributed by atoms with Crippen LogP contribution in [0.4, 0.5) is 0 Å². The highest BCUT2D eigenvalue weighted by molar-refractivity contribution is 7.90. The van der Waals surface area contributed by atoms with Crippen LogP contribution in [0.2, 0.25) is 0 Å². The van der Waals surface area contributed by atoms with E-state index in [1.54, 1.807) is 0 Å². The molecule has 0 unspecified atom stereocenters. The van der Waals surface area contributed by atoms with Gasteiger partial charge in [-0.2, -0.15) is 0 Å². The average molecular weight is 257 g/mol. The summed E-state index contributed by atoms with van der Waals surface area (Å²) in [6.07, 6.45) is 0. The van der Waals surface area contributed by atoms with Crippen molar-refractivity contribution in [2.75, 3.05) is 19.5 Å². The molecule has 96 valence electrons. The fourth-order valence-corrected chi connectivity index (χ4v) is 2.93. The van der Waals surface area contributed by atoms with Gasteiger partial charge in [0.1, 0.15) is 0 Å². The van der Waals surface area contributed by atoms with E-state index in [9.17, 15) is 8.42 Å². The molecule has 1 aromatic carbocycles. The largest absolute Gasteiger partial charge is 0.384 e. The third kappa shape index (κ3) is 4.46. The van der Waals surface area contributed by atoms with Gasteiger partial charge in [-0.3, -0.25) is 0 Å². The van der Waals surface area contributed by atoms with E-state index in [1.165, 1.54) is 7.11 Å². The smallest absolute Gasteiger partial charge is 0.156 e. The number of nitrogens with two attached hydrogens (primary N) is 1. The maximum atomic E-state index is 11.8. The fraction of sp³-hybridized carbons (Fsp3) is 0.500. The molecule has 0 aromatic heterocycles. The molecule has 5 heteroatoms. The Labute approximate surface area is 103 Å². The molecule has 2 N–H and O–H groups in total. The summed E-state index contributed by atoms with van der Waals surface area (Å²) >= 11 is 0. The Morgan fingerprint density at radius 2 is 2.06 bits per heavy atom. The number of ether oxygens (including phenoxy) is 1. The molecule has 0 bridgehead atoms. The number of sulfone groups is 1. The van der Waals surface area contributed by atoms with Gasteiger partial charge in [-0.15, -0.1) is 0 Å². The number of hydrogen-bond acceptors (Lipinski definition) is 4. The Kier molecular flexibility index (Phi) is 5.11. The first-order valence-corrected chi connectivity index (χ1v) is 7.28. The van der Waals surface area contributed by atoms with Gasteiger partial charge in [0.2, 0.25) is 0 Å². The number of hydrogen-bond donors (Lipinski definition) is 1. The fourth-order valence-electron chi connectivity index (χ4n) is 1.57. The van der Waals surface area contributed by atoms with Crippen molar-refractivity contribution in [2.24, 2.45) is 5.73 Å². The zero-order valence-electron chi connectivity index (χ0n) is 10.3. The van der Waals surface area contributed by atoms with Gasteiger partial charge in [0, 0.05) is 13.7 Å². The summed E-state index contributed by atoms with van der Waals surface area (Å²) < 4.78 is 28.3. The first kappa shape index (κ1) is 14.2. The third-order valence-corrected chi connectivity index (χ3v) is 4.16. The van der Waals surface area contributed by atoms with E-state index in [1.807, 2.05) is 25.1 Å². The lowest BCUT2D eigenvalue weighted by Gasteiger charge is -2.08. The lowest BCUT2D eigenvalue weighted by molar-refractivity contribution is 0.217. The van der Waals surface area contributed by atoms with Gasteiger partial charge < -0.3 is 10.5 Å². The van der Waals surface area contributed by atoms with Crippen LogP contribution >= 0.6 is 0 Å². The summed E-state index contributed by atoms with van der Waals surface area (Å²) in [5.74, 6) is 0.120. The van der Waals surface area contributed by atoms with Gasteiger partial charge in [-0.25, -0.2) is 8.42 Å². The molecule has 0 spiro atoms. The molecule has 0 aliphatic heterocycles. The molecule has 1 rings (SSSR count). The number of aryl methyl sites for hydroxylation is 1. The van der Waals surface area contributed by atoms with Crippen LogP contribution in [0.5, 0.6) is 0 Å². The van der Waals surface area contributed by atoms with E-state index in [-0.39, 0.29) is 18.1 Å². The van der Waals surface area contributed by atoms with Gasteiger partial charge in [0.25, 0.3) is 0 Å². The van der Waals surface area contributed by atoms with Crippen LogP contribution < -0.4 is 5.73 Å². The molecule has 17 heavy (non-hydrogen) atoms. The molecule has 4 nitrogen and oxygen atoms in total. The van der Waals surface area contributed by atoms with Crippen LogP contribution in [0, 0.1) is 6.92 Å². The van der Waals surface area contributed by atoms with Gasteiger partial charge in [-0.1, -0.05) is 18.2 Å². The van der Waals surface area contributed by atoms with Gasteiger partial charge in [0.15, 0.2) is 9.84 Å². The minimum absolute atomic E-state index is 0.0571. The molecule has 1 aromatic rings. The Morgan fingerprint density at radius 3 is 2.59 bits per heavy atom. The molecule has 0 saturated heterocycles. The molecule has 0 fully saturated rings. The maximum Gasteiger partial charge on any atom is 0.156 e. The van der Waals surface area contributed by atoms with Crippen LogP contribution in [0.25, 0.3) is 0 Å². The second kappa shape index (κ2) is 6.14. The maximum absolute atomic E-state index is 11.8.